The summed E-state index contributed by atoms with van der Waals surface area (Å²) in [5, 5.41) is 6.06. The second kappa shape index (κ2) is 11.3. The van der Waals surface area contributed by atoms with E-state index in [9.17, 15) is 9.18 Å². The average Bonchev–Trinajstić information content (AvgIpc) is 2.58. The molecule has 28 heavy (non-hydrogen) atoms. The number of nitrogens with one attached hydrogen (secondary N) is 2. The number of hydrogen-bond acceptors (Lipinski definition) is 3. The lowest BCUT2D eigenvalue weighted by Crippen LogP contribution is -2.54. The maximum Gasteiger partial charge on any atom is 0.239 e. The van der Waals surface area contributed by atoms with E-state index in [-0.39, 0.29) is 47.8 Å². The molecular weight excluding hydrogens is 540 g/mol. The van der Waals surface area contributed by atoms with Crippen molar-refractivity contribution in [2.45, 2.75) is 32.9 Å². The number of halogens is 3. The molecule has 0 bridgehead atoms. The van der Waals surface area contributed by atoms with Crippen molar-refractivity contribution in [2.24, 2.45) is 4.99 Å². The van der Waals surface area contributed by atoms with E-state index in [1.165, 1.54) is 0 Å². The number of hydrogen-bond donors (Lipinski definition) is 2. The number of amides is 1. The Hall–Kier alpha value is -0.940. The van der Waals surface area contributed by atoms with Gasteiger partial charge in [-0.15, -0.1) is 24.0 Å². The van der Waals surface area contributed by atoms with Gasteiger partial charge in [0.15, 0.2) is 5.96 Å². The van der Waals surface area contributed by atoms with Crippen molar-refractivity contribution in [1.29, 1.82) is 0 Å². The molecule has 0 radical (unpaired) electrons. The highest BCUT2D eigenvalue weighted by atomic mass is 127. The zero-order chi connectivity index (χ0) is 20.0. The molecule has 1 heterocycles. The summed E-state index contributed by atoms with van der Waals surface area (Å²) in [6, 6.07) is 5.26. The van der Waals surface area contributed by atoms with Crippen molar-refractivity contribution in [3.63, 3.8) is 0 Å². The molecule has 6 nitrogen and oxygen atoms in total. The minimum Gasteiger partial charge on any atom is -0.350 e. The van der Waals surface area contributed by atoms with Gasteiger partial charge in [-0.05, 0) is 54.4 Å². The highest BCUT2D eigenvalue weighted by molar-refractivity contribution is 14.0. The summed E-state index contributed by atoms with van der Waals surface area (Å²) >= 11 is 3.18. The molecule has 2 N–H and O–H groups in total. The predicted molar refractivity (Wildman–Crippen MR) is 126 cm³/mol. The number of carbonyl (C=O) groups is 1. The van der Waals surface area contributed by atoms with E-state index < -0.39 is 0 Å². The van der Waals surface area contributed by atoms with Gasteiger partial charge < -0.3 is 15.5 Å². The monoisotopic (exact) mass is 569 g/mol. The number of guanidine groups is 1. The molecule has 0 atom stereocenters. The van der Waals surface area contributed by atoms with Gasteiger partial charge in [0.05, 0.1) is 11.0 Å². The van der Waals surface area contributed by atoms with Crippen LogP contribution in [0, 0.1) is 5.82 Å². The number of benzene rings is 1. The van der Waals surface area contributed by atoms with Crippen LogP contribution in [0.5, 0.6) is 0 Å². The molecule has 1 amide bonds. The molecule has 1 aromatic rings. The normalized spacial score (nSPS) is 15.8. The number of nitrogens with zero attached hydrogens (tertiary/aromatic N) is 3. The number of aliphatic imine (C=N–C) groups is 1. The second-order valence-electron chi connectivity index (χ2n) is 7.71. The molecule has 0 spiro atoms. The van der Waals surface area contributed by atoms with E-state index >= 15 is 0 Å². The molecule has 1 aliphatic rings. The Labute approximate surface area is 192 Å². The van der Waals surface area contributed by atoms with Crippen LogP contribution in [0.25, 0.3) is 0 Å². The topological polar surface area (TPSA) is 60.0 Å². The highest BCUT2D eigenvalue weighted by Crippen LogP contribution is 2.18. The maximum absolute atomic E-state index is 13.7. The first-order chi connectivity index (χ1) is 12.7. The van der Waals surface area contributed by atoms with Gasteiger partial charge in [0, 0.05) is 45.3 Å². The van der Waals surface area contributed by atoms with Crippen molar-refractivity contribution in [1.82, 2.24) is 20.4 Å². The van der Waals surface area contributed by atoms with Crippen LogP contribution in [-0.2, 0) is 11.3 Å². The van der Waals surface area contributed by atoms with Crippen LogP contribution in [0.15, 0.2) is 27.7 Å². The van der Waals surface area contributed by atoms with Crippen LogP contribution in [0.3, 0.4) is 0 Å². The van der Waals surface area contributed by atoms with Crippen molar-refractivity contribution in [3.05, 3.63) is 34.1 Å². The molecular formula is C19H30BrFIN5O. The minimum atomic E-state index is -0.250. The molecule has 0 aliphatic carbocycles. The summed E-state index contributed by atoms with van der Waals surface area (Å²) in [6.45, 7) is 10.1. The third-order valence-corrected chi connectivity index (χ3v) is 4.84. The molecule has 1 aliphatic heterocycles. The van der Waals surface area contributed by atoms with Gasteiger partial charge in [-0.1, -0.05) is 6.07 Å². The molecule has 0 aromatic heterocycles. The fourth-order valence-corrected chi connectivity index (χ4v) is 3.21. The summed E-state index contributed by atoms with van der Waals surface area (Å²) in [5.41, 5.74) is 0.714. The van der Waals surface area contributed by atoms with E-state index in [0.29, 0.717) is 4.47 Å². The zero-order valence-corrected chi connectivity index (χ0v) is 20.8. The van der Waals surface area contributed by atoms with E-state index in [2.05, 4.69) is 41.4 Å². The minimum absolute atomic E-state index is 0. The fourth-order valence-electron chi connectivity index (χ4n) is 2.97. The van der Waals surface area contributed by atoms with Crippen LogP contribution in [0.4, 0.5) is 4.39 Å². The first-order valence-electron chi connectivity index (χ1n) is 9.11. The molecule has 2 rings (SSSR count). The first-order valence-corrected chi connectivity index (χ1v) is 9.90. The summed E-state index contributed by atoms with van der Waals surface area (Å²) in [5.74, 6) is 0.442. The molecule has 9 heteroatoms. The standard InChI is InChI=1S/C19H29BrFN5O.HI/c1-19(2,3)24-17(27)12-23-18(22-4)26-9-7-25(8-10-26)13-14-5-6-15(20)16(21)11-14;/h5-6,11H,7-10,12-13H2,1-4H3,(H,22,23)(H,24,27);1H. The Balaban J connectivity index is 0.00000392. The van der Waals surface area contributed by atoms with Crippen molar-refractivity contribution in [3.8, 4) is 0 Å². The van der Waals surface area contributed by atoms with Crippen LogP contribution in [0.1, 0.15) is 26.3 Å². The Morgan fingerprint density at radius 2 is 1.89 bits per heavy atom. The second-order valence-corrected chi connectivity index (χ2v) is 8.56. The Bertz CT molecular complexity index is 687. The number of rotatable bonds is 4. The molecule has 0 unspecified atom stereocenters. The van der Waals surface area contributed by atoms with Gasteiger partial charge in [0.1, 0.15) is 5.82 Å². The zero-order valence-electron chi connectivity index (χ0n) is 16.9. The first kappa shape index (κ1) is 25.1. The van der Waals surface area contributed by atoms with Crippen molar-refractivity contribution in [2.75, 3.05) is 39.8 Å². The predicted octanol–water partition coefficient (Wildman–Crippen LogP) is 2.81. The SMILES string of the molecule is CN=C(NCC(=O)NC(C)(C)C)N1CCN(Cc2ccc(Br)c(F)c2)CC1.I. The lowest BCUT2D eigenvalue weighted by Gasteiger charge is -2.36. The van der Waals surface area contributed by atoms with Gasteiger partial charge in [-0.3, -0.25) is 14.7 Å². The summed E-state index contributed by atoms with van der Waals surface area (Å²) in [7, 11) is 1.72. The van der Waals surface area contributed by atoms with Gasteiger partial charge in [0.25, 0.3) is 0 Å². The van der Waals surface area contributed by atoms with E-state index in [4.69, 9.17) is 0 Å². The van der Waals surface area contributed by atoms with E-state index in [1.54, 1.807) is 19.2 Å². The fraction of sp³-hybridized carbons (Fsp3) is 0.579. The number of carbonyl (C=O) groups excluding carboxylic acids is 1. The lowest BCUT2D eigenvalue weighted by molar-refractivity contribution is -0.121. The van der Waals surface area contributed by atoms with Crippen LogP contribution >= 0.6 is 39.9 Å². The summed E-state index contributed by atoms with van der Waals surface area (Å²) < 4.78 is 14.2. The van der Waals surface area contributed by atoms with Crippen molar-refractivity contribution >= 4 is 51.8 Å². The van der Waals surface area contributed by atoms with E-state index in [1.807, 2.05) is 26.8 Å². The van der Waals surface area contributed by atoms with Gasteiger partial charge >= 0.3 is 0 Å². The molecule has 0 saturated carbocycles. The quantitative estimate of drug-likeness (QED) is 0.333. The summed E-state index contributed by atoms with van der Waals surface area (Å²) in [6.07, 6.45) is 0. The van der Waals surface area contributed by atoms with Gasteiger partial charge in [-0.2, -0.15) is 0 Å². The summed E-state index contributed by atoms with van der Waals surface area (Å²) in [4.78, 5) is 20.7. The lowest BCUT2D eigenvalue weighted by atomic mass is 10.1. The third-order valence-electron chi connectivity index (χ3n) is 4.20. The average molecular weight is 570 g/mol. The van der Waals surface area contributed by atoms with Crippen LogP contribution in [-0.4, -0.2) is 67.0 Å². The van der Waals surface area contributed by atoms with Crippen LogP contribution in [0.2, 0.25) is 0 Å². The highest BCUT2D eigenvalue weighted by Gasteiger charge is 2.21. The molecule has 1 fully saturated rings. The largest absolute Gasteiger partial charge is 0.350 e. The van der Waals surface area contributed by atoms with Crippen LogP contribution < -0.4 is 10.6 Å². The molecule has 1 aromatic carbocycles. The molecule has 158 valence electrons. The third kappa shape index (κ3) is 8.20. The Morgan fingerprint density at radius 3 is 2.43 bits per heavy atom. The Morgan fingerprint density at radius 1 is 1.25 bits per heavy atom. The molecule has 1 saturated heterocycles. The maximum atomic E-state index is 13.7. The van der Waals surface area contributed by atoms with Gasteiger partial charge in [0.2, 0.25) is 5.91 Å². The van der Waals surface area contributed by atoms with Gasteiger partial charge in [-0.25, -0.2) is 4.39 Å². The number of piperazine rings is 1. The van der Waals surface area contributed by atoms with Crippen molar-refractivity contribution < 1.29 is 9.18 Å². The van der Waals surface area contributed by atoms with E-state index in [0.717, 1.165) is 44.2 Å². The Kier molecular flexibility index (Phi) is 10.1. The smallest absolute Gasteiger partial charge is 0.239 e.